The van der Waals surface area contributed by atoms with E-state index in [0.717, 1.165) is 31.2 Å². The van der Waals surface area contributed by atoms with Gasteiger partial charge in [0.15, 0.2) is 6.61 Å². The van der Waals surface area contributed by atoms with Gasteiger partial charge in [0.1, 0.15) is 5.78 Å². The highest BCUT2D eigenvalue weighted by atomic mass is 16.5. The molecule has 0 spiro atoms. The lowest BCUT2D eigenvalue weighted by atomic mass is 9.67. The second-order valence-corrected chi connectivity index (χ2v) is 7.94. The van der Waals surface area contributed by atoms with E-state index in [4.69, 9.17) is 4.74 Å². The van der Waals surface area contributed by atoms with Gasteiger partial charge in [0.05, 0.1) is 12.0 Å². The van der Waals surface area contributed by atoms with E-state index in [2.05, 4.69) is 5.32 Å². The van der Waals surface area contributed by atoms with Gasteiger partial charge in [-0.05, 0) is 44.6 Å². The zero-order valence-electron chi connectivity index (χ0n) is 16.2. The Labute approximate surface area is 160 Å². The SMILES string of the molecule is CC[C@H](NC(=O)COC(=O)C1C[C@H]2CCC[C@@H](C1)C2=O)c1ccc(C)cc1. The normalized spacial score (nSPS) is 25.6. The number of carbonyl (C=O) groups is 3. The van der Waals surface area contributed by atoms with Crippen LogP contribution in [-0.2, 0) is 19.1 Å². The Morgan fingerprint density at radius 1 is 1.15 bits per heavy atom. The van der Waals surface area contributed by atoms with Gasteiger partial charge in [0.2, 0.25) is 0 Å². The van der Waals surface area contributed by atoms with Gasteiger partial charge in [-0.1, -0.05) is 43.2 Å². The molecule has 1 unspecified atom stereocenters. The summed E-state index contributed by atoms with van der Waals surface area (Å²) >= 11 is 0. The fourth-order valence-corrected chi connectivity index (χ4v) is 4.38. The standard InChI is InChI=1S/C22H29NO4/c1-3-19(15-9-7-14(2)8-10-15)23-20(24)13-27-22(26)18-11-16-5-4-6-17(12-18)21(16)25/h7-10,16-19H,3-6,11-13H2,1-2H3,(H,23,24)/t16-,17+,18?,19-/m0/s1. The maximum atomic E-state index is 12.4. The van der Waals surface area contributed by atoms with Gasteiger partial charge in [-0.3, -0.25) is 14.4 Å². The van der Waals surface area contributed by atoms with E-state index in [1.807, 2.05) is 38.1 Å². The molecule has 2 saturated carbocycles. The Balaban J connectivity index is 1.49. The first-order valence-electron chi connectivity index (χ1n) is 10.0. The molecule has 1 aromatic rings. The lowest BCUT2D eigenvalue weighted by Crippen LogP contribution is -2.40. The van der Waals surface area contributed by atoms with Crippen molar-refractivity contribution < 1.29 is 19.1 Å². The van der Waals surface area contributed by atoms with Crippen molar-refractivity contribution in [3.8, 4) is 0 Å². The number of nitrogens with one attached hydrogen (secondary N) is 1. The minimum absolute atomic E-state index is 0.00915. The van der Waals surface area contributed by atoms with Crippen LogP contribution in [0.3, 0.4) is 0 Å². The zero-order valence-corrected chi connectivity index (χ0v) is 16.2. The highest BCUT2D eigenvalue weighted by Crippen LogP contribution is 2.40. The van der Waals surface area contributed by atoms with E-state index in [0.29, 0.717) is 18.6 Å². The molecule has 2 aliphatic carbocycles. The Morgan fingerprint density at radius 3 is 2.37 bits per heavy atom. The van der Waals surface area contributed by atoms with E-state index in [-0.39, 0.29) is 42.3 Å². The molecule has 0 heterocycles. The van der Waals surface area contributed by atoms with Gasteiger partial charge in [0, 0.05) is 11.8 Å². The summed E-state index contributed by atoms with van der Waals surface area (Å²) in [6, 6.07) is 7.96. The Kier molecular flexibility index (Phi) is 6.30. The van der Waals surface area contributed by atoms with Crippen molar-refractivity contribution in [1.29, 1.82) is 0 Å². The molecule has 0 aliphatic heterocycles. The molecular formula is C22H29NO4. The van der Waals surface area contributed by atoms with E-state index in [1.54, 1.807) is 0 Å². The minimum Gasteiger partial charge on any atom is -0.455 e. The van der Waals surface area contributed by atoms with Gasteiger partial charge in [-0.2, -0.15) is 0 Å². The molecule has 4 atom stereocenters. The summed E-state index contributed by atoms with van der Waals surface area (Å²) in [5.41, 5.74) is 2.21. The lowest BCUT2D eigenvalue weighted by molar-refractivity contribution is -0.156. The predicted octanol–water partition coefficient (Wildman–Crippen LogP) is 3.50. The third-order valence-electron chi connectivity index (χ3n) is 5.95. The number of ether oxygens (including phenoxy) is 1. The monoisotopic (exact) mass is 371 g/mol. The van der Waals surface area contributed by atoms with Crippen LogP contribution >= 0.6 is 0 Å². The summed E-state index contributed by atoms with van der Waals surface area (Å²) in [5, 5.41) is 2.94. The molecule has 1 N–H and O–H groups in total. The first kappa shape index (κ1) is 19.6. The lowest BCUT2D eigenvalue weighted by Gasteiger charge is -2.36. The summed E-state index contributed by atoms with van der Waals surface area (Å²) in [4.78, 5) is 36.8. The van der Waals surface area contributed by atoms with Crippen LogP contribution in [0.2, 0.25) is 0 Å². The summed E-state index contributed by atoms with van der Waals surface area (Å²) in [5.74, 6) is -0.526. The van der Waals surface area contributed by atoms with Crippen LogP contribution in [0.4, 0.5) is 0 Å². The number of amides is 1. The van der Waals surface area contributed by atoms with Crippen LogP contribution in [-0.4, -0.2) is 24.3 Å². The number of rotatable bonds is 6. The largest absolute Gasteiger partial charge is 0.455 e. The summed E-state index contributed by atoms with van der Waals surface area (Å²) in [6.45, 7) is 3.77. The second kappa shape index (κ2) is 8.68. The molecule has 1 aromatic carbocycles. The Morgan fingerprint density at radius 2 is 1.78 bits per heavy atom. The van der Waals surface area contributed by atoms with Crippen molar-refractivity contribution in [1.82, 2.24) is 5.32 Å². The second-order valence-electron chi connectivity index (χ2n) is 7.94. The smallest absolute Gasteiger partial charge is 0.309 e. The zero-order chi connectivity index (χ0) is 19.4. The summed E-state index contributed by atoms with van der Waals surface area (Å²) < 4.78 is 5.28. The highest BCUT2D eigenvalue weighted by Gasteiger charge is 2.41. The number of carbonyl (C=O) groups excluding carboxylic acids is 3. The summed E-state index contributed by atoms with van der Waals surface area (Å²) in [6.07, 6.45) is 4.76. The Hall–Kier alpha value is -2.17. The molecule has 2 bridgehead atoms. The topological polar surface area (TPSA) is 72.5 Å². The quantitative estimate of drug-likeness (QED) is 0.777. The number of fused-ring (bicyclic) bond motifs is 2. The van der Waals surface area contributed by atoms with E-state index in [9.17, 15) is 14.4 Å². The number of benzene rings is 1. The molecule has 27 heavy (non-hydrogen) atoms. The van der Waals surface area contributed by atoms with Crippen molar-refractivity contribution in [3.05, 3.63) is 35.4 Å². The third kappa shape index (κ3) is 4.76. The minimum atomic E-state index is -0.335. The van der Waals surface area contributed by atoms with E-state index >= 15 is 0 Å². The Bertz CT molecular complexity index is 681. The van der Waals surface area contributed by atoms with Crippen LogP contribution in [0, 0.1) is 24.7 Å². The van der Waals surface area contributed by atoms with Gasteiger partial charge in [-0.25, -0.2) is 0 Å². The number of hydrogen-bond acceptors (Lipinski definition) is 4. The molecule has 5 nitrogen and oxygen atoms in total. The average molecular weight is 371 g/mol. The van der Waals surface area contributed by atoms with Crippen LogP contribution < -0.4 is 5.32 Å². The van der Waals surface area contributed by atoms with Gasteiger partial charge < -0.3 is 10.1 Å². The van der Waals surface area contributed by atoms with Crippen LogP contribution in [0.5, 0.6) is 0 Å². The molecule has 2 aliphatic rings. The predicted molar refractivity (Wildman–Crippen MR) is 102 cm³/mol. The fraction of sp³-hybridized carbons (Fsp3) is 0.591. The first-order valence-corrected chi connectivity index (χ1v) is 10.0. The van der Waals surface area contributed by atoms with Crippen LogP contribution in [0.15, 0.2) is 24.3 Å². The maximum Gasteiger partial charge on any atom is 0.309 e. The number of hydrogen-bond donors (Lipinski definition) is 1. The number of aryl methyl sites for hydroxylation is 1. The molecule has 3 rings (SSSR count). The number of Topliss-reactive ketones (excluding diaryl/α,β-unsaturated/α-hetero) is 1. The fourth-order valence-electron chi connectivity index (χ4n) is 4.38. The van der Waals surface area contributed by atoms with E-state index in [1.165, 1.54) is 5.56 Å². The van der Waals surface area contributed by atoms with E-state index < -0.39 is 0 Å². The van der Waals surface area contributed by atoms with Crippen molar-refractivity contribution in [3.63, 3.8) is 0 Å². The van der Waals surface area contributed by atoms with Gasteiger partial charge in [-0.15, -0.1) is 0 Å². The maximum absolute atomic E-state index is 12.4. The van der Waals surface area contributed by atoms with Gasteiger partial charge in [0.25, 0.3) is 5.91 Å². The van der Waals surface area contributed by atoms with Crippen LogP contribution in [0.1, 0.15) is 62.6 Å². The number of ketones is 1. The molecular weight excluding hydrogens is 342 g/mol. The first-order chi connectivity index (χ1) is 13.0. The molecule has 2 fully saturated rings. The molecule has 0 aromatic heterocycles. The van der Waals surface area contributed by atoms with Crippen molar-refractivity contribution in [2.75, 3.05) is 6.61 Å². The highest BCUT2D eigenvalue weighted by molar-refractivity contribution is 5.88. The molecule has 0 saturated heterocycles. The molecule has 146 valence electrons. The molecule has 1 amide bonds. The van der Waals surface area contributed by atoms with Crippen molar-refractivity contribution in [2.24, 2.45) is 17.8 Å². The number of esters is 1. The summed E-state index contributed by atoms with van der Waals surface area (Å²) in [7, 11) is 0. The molecule has 5 heteroatoms. The molecule has 0 radical (unpaired) electrons. The van der Waals surface area contributed by atoms with Crippen LogP contribution in [0.25, 0.3) is 0 Å². The average Bonchev–Trinajstić information content (AvgIpc) is 2.64. The van der Waals surface area contributed by atoms with Crippen molar-refractivity contribution in [2.45, 2.75) is 58.4 Å². The van der Waals surface area contributed by atoms with Crippen molar-refractivity contribution >= 4 is 17.7 Å². The van der Waals surface area contributed by atoms with Gasteiger partial charge >= 0.3 is 5.97 Å². The third-order valence-corrected chi connectivity index (χ3v) is 5.95.